The molecule has 0 saturated carbocycles. The minimum Gasteiger partial charge on any atom is -0.465 e. The van der Waals surface area contributed by atoms with E-state index in [1.54, 1.807) is 16.9 Å². The third-order valence-electron chi connectivity index (χ3n) is 4.58. The summed E-state index contributed by atoms with van der Waals surface area (Å²) >= 11 is 0. The Kier molecular flexibility index (Phi) is 4.68. The Morgan fingerprint density at radius 3 is 2.74 bits per heavy atom. The first kappa shape index (κ1) is 17.3. The molecule has 4 rings (SSSR count). The first-order valence-electron chi connectivity index (χ1n) is 8.87. The van der Waals surface area contributed by atoms with E-state index in [0.29, 0.717) is 38.0 Å². The van der Waals surface area contributed by atoms with E-state index < -0.39 is 0 Å². The maximum atomic E-state index is 5.84. The van der Waals surface area contributed by atoms with Gasteiger partial charge in [-0.1, -0.05) is 0 Å². The summed E-state index contributed by atoms with van der Waals surface area (Å²) in [6, 6.07) is 4.44. The summed E-state index contributed by atoms with van der Waals surface area (Å²) in [6.07, 6.45) is 3.53. The van der Waals surface area contributed by atoms with Crippen molar-refractivity contribution >= 4 is 16.7 Å². The van der Waals surface area contributed by atoms with Gasteiger partial charge in [-0.25, -0.2) is 0 Å². The molecule has 0 fully saturated rings. The predicted molar refractivity (Wildman–Crippen MR) is 98.6 cm³/mol. The van der Waals surface area contributed by atoms with E-state index >= 15 is 0 Å². The van der Waals surface area contributed by atoms with Crippen LogP contribution in [-0.2, 0) is 17.9 Å². The molecule has 0 aliphatic heterocycles. The lowest BCUT2D eigenvalue weighted by molar-refractivity contribution is 0.111. The number of imidazole rings is 1. The van der Waals surface area contributed by atoms with Crippen LogP contribution in [0.2, 0.25) is 0 Å². The molecule has 4 aromatic heterocycles. The SMILES string of the molecule is CCOc1nc2c(c(C)c(C)n3nnnc23)n1CCOCc1ccncc1. The van der Waals surface area contributed by atoms with E-state index in [2.05, 4.69) is 25.5 Å². The monoisotopic (exact) mass is 367 g/mol. The molecule has 27 heavy (non-hydrogen) atoms. The zero-order valence-corrected chi connectivity index (χ0v) is 15.6. The molecule has 9 heteroatoms. The van der Waals surface area contributed by atoms with Crippen LogP contribution in [0.5, 0.6) is 6.01 Å². The van der Waals surface area contributed by atoms with Crippen LogP contribution < -0.4 is 4.74 Å². The Bertz CT molecular complexity index is 1070. The molecule has 4 heterocycles. The normalized spacial score (nSPS) is 11.5. The van der Waals surface area contributed by atoms with Crippen LogP contribution in [0, 0.1) is 13.8 Å². The first-order chi connectivity index (χ1) is 13.2. The standard InChI is InChI=1S/C18H21N7O2/c1-4-27-18-20-15-16(12(2)13(3)25-17(15)21-22-23-25)24(18)9-10-26-11-14-5-7-19-8-6-14/h5-8H,4,9-11H2,1-3H3. The number of hydrogen-bond donors (Lipinski definition) is 0. The van der Waals surface area contributed by atoms with Crippen molar-refractivity contribution in [3.8, 4) is 6.01 Å². The molecule has 0 N–H and O–H groups in total. The summed E-state index contributed by atoms with van der Waals surface area (Å²) in [5.41, 5.74) is 5.48. The fourth-order valence-corrected chi connectivity index (χ4v) is 3.13. The minimum absolute atomic E-state index is 0.528. The highest BCUT2D eigenvalue weighted by Crippen LogP contribution is 2.28. The second kappa shape index (κ2) is 7.28. The number of nitrogens with zero attached hydrogens (tertiary/aromatic N) is 7. The smallest absolute Gasteiger partial charge is 0.297 e. The van der Waals surface area contributed by atoms with Gasteiger partial charge in [-0.2, -0.15) is 9.50 Å². The summed E-state index contributed by atoms with van der Waals surface area (Å²) in [6.45, 7) is 8.20. The van der Waals surface area contributed by atoms with Crippen LogP contribution >= 0.6 is 0 Å². The third-order valence-corrected chi connectivity index (χ3v) is 4.58. The maximum Gasteiger partial charge on any atom is 0.297 e. The zero-order valence-electron chi connectivity index (χ0n) is 15.6. The molecular formula is C18H21N7O2. The Morgan fingerprint density at radius 2 is 1.96 bits per heavy atom. The van der Waals surface area contributed by atoms with E-state index in [9.17, 15) is 0 Å². The highest BCUT2D eigenvalue weighted by Gasteiger charge is 2.20. The van der Waals surface area contributed by atoms with Gasteiger partial charge < -0.3 is 9.47 Å². The molecular weight excluding hydrogens is 346 g/mol. The fourth-order valence-electron chi connectivity index (χ4n) is 3.13. The molecule has 0 aromatic carbocycles. The topological polar surface area (TPSA) is 92.2 Å². The summed E-state index contributed by atoms with van der Waals surface area (Å²) in [5.74, 6) is 0. The van der Waals surface area contributed by atoms with Crippen molar-refractivity contribution < 1.29 is 9.47 Å². The van der Waals surface area contributed by atoms with Crippen LogP contribution in [0.25, 0.3) is 16.7 Å². The van der Waals surface area contributed by atoms with Gasteiger partial charge in [0, 0.05) is 18.1 Å². The van der Waals surface area contributed by atoms with Crippen molar-refractivity contribution in [1.29, 1.82) is 0 Å². The Labute approximate surface area is 155 Å². The second-order valence-electron chi connectivity index (χ2n) is 6.21. The van der Waals surface area contributed by atoms with Gasteiger partial charge in [0.05, 0.1) is 31.9 Å². The highest BCUT2D eigenvalue weighted by atomic mass is 16.5. The minimum atomic E-state index is 0.528. The van der Waals surface area contributed by atoms with Crippen LogP contribution in [0.15, 0.2) is 24.5 Å². The van der Waals surface area contributed by atoms with Gasteiger partial charge in [0.2, 0.25) is 5.65 Å². The van der Waals surface area contributed by atoms with E-state index in [-0.39, 0.29) is 0 Å². The largest absolute Gasteiger partial charge is 0.465 e. The Balaban J connectivity index is 1.65. The molecule has 0 aliphatic carbocycles. The summed E-state index contributed by atoms with van der Waals surface area (Å²) in [4.78, 5) is 8.67. The number of rotatable bonds is 7. The maximum absolute atomic E-state index is 5.84. The predicted octanol–water partition coefficient (Wildman–Crippen LogP) is 2.10. The molecule has 0 spiro atoms. The molecule has 9 nitrogen and oxygen atoms in total. The number of fused-ring (bicyclic) bond motifs is 3. The van der Waals surface area contributed by atoms with Gasteiger partial charge in [-0.3, -0.25) is 9.55 Å². The van der Waals surface area contributed by atoms with Crippen LogP contribution in [0.3, 0.4) is 0 Å². The molecule has 0 bridgehead atoms. The molecule has 0 aliphatic rings. The van der Waals surface area contributed by atoms with E-state index in [1.165, 1.54) is 0 Å². The number of tetrazole rings is 1. The van der Waals surface area contributed by atoms with Crippen molar-refractivity contribution in [2.45, 2.75) is 33.9 Å². The second-order valence-corrected chi connectivity index (χ2v) is 6.21. The van der Waals surface area contributed by atoms with Gasteiger partial charge in [0.15, 0.2) is 0 Å². The Hall–Kier alpha value is -3.07. The molecule has 0 radical (unpaired) electrons. The number of pyridine rings is 2. The van der Waals surface area contributed by atoms with Crippen molar-refractivity contribution in [2.24, 2.45) is 0 Å². The molecule has 0 atom stereocenters. The number of aryl methyl sites for hydroxylation is 2. The van der Waals surface area contributed by atoms with E-state index in [4.69, 9.17) is 9.47 Å². The summed E-state index contributed by atoms with van der Waals surface area (Å²) in [5, 5.41) is 12.0. The van der Waals surface area contributed by atoms with Crippen LogP contribution in [0.1, 0.15) is 23.7 Å². The van der Waals surface area contributed by atoms with Crippen molar-refractivity contribution in [3.63, 3.8) is 0 Å². The van der Waals surface area contributed by atoms with E-state index in [1.807, 2.05) is 37.5 Å². The van der Waals surface area contributed by atoms with Crippen LogP contribution in [0.4, 0.5) is 0 Å². The fraction of sp³-hybridized carbons (Fsp3) is 0.389. The number of ether oxygens (including phenoxy) is 2. The lowest BCUT2D eigenvalue weighted by Crippen LogP contribution is -2.10. The lowest BCUT2D eigenvalue weighted by atomic mass is 10.2. The quantitative estimate of drug-likeness (QED) is 0.462. The third kappa shape index (κ3) is 3.10. The van der Waals surface area contributed by atoms with Gasteiger partial charge >= 0.3 is 0 Å². The van der Waals surface area contributed by atoms with Crippen molar-refractivity contribution in [2.75, 3.05) is 13.2 Å². The van der Waals surface area contributed by atoms with Crippen molar-refractivity contribution in [3.05, 3.63) is 41.3 Å². The van der Waals surface area contributed by atoms with E-state index in [0.717, 1.165) is 27.9 Å². The zero-order chi connectivity index (χ0) is 18.8. The molecule has 140 valence electrons. The summed E-state index contributed by atoms with van der Waals surface area (Å²) < 4.78 is 15.4. The highest BCUT2D eigenvalue weighted by molar-refractivity contribution is 5.91. The molecule has 0 saturated heterocycles. The first-order valence-corrected chi connectivity index (χ1v) is 8.87. The van der Waals surface area contributed by atoms with Gasteiger partial charge in [0.1, 0.15) is 5.52 Å². The van der Waals surface area contributed by atoms with Crippen LogP contribution in [-0.4, -0.2) is 47.8 Å². The molecule has 0 amide bonds. The molecule has 4 aromatic rings. The van der Waals surface area contributed by atoms with Crippen molar-refractivity contribution in [1.82, 2.24) is 34.6 Å². The lowest BCUT2D eigenvalue weighted by Gasteiger charge is -2.12. The number of hydrogen-bond acceptors (Lipinski definition) is 7. The average molecular weight is 367 g/mol. The van der Waals surface area contributed by atoms with Gasteiger partial charge in [-0.15, -0.1) is 5.10 Å². The molecule has 0 unspecified atom stereocenters. The van der Waals surface area contributed by atoms with Gasteiger partial charge in [0.25, 0.3) is 6.01 Å². The summed E-state index contributed by atoms with van der Waals surface area (Å²) in [7, 11) is 0. The number of aromatic nitrogens is 7. The van der Waals surface area contributed by atoms with Gasteiger partial charge in [-0.05, 0) is 54.5 Å². The Morgan fingerprint density at radius 1 is 1.15 bits per heavy atom. The average Bonchev–Trinajstić information content (AvgIpc) is 3.30.